The summed E-state index contributed by atoms with van der Waals surface area (Å²) in [4.78, 5) is 0. The van der Waals surface area contributed by atoms with Crippen molar-refractivity contribution < 1.29 is 4.29 Å². The third-order valence-corrected chi connectivity index (χ3v) is 0.365. The van der Waals surface area contributed by atoms with Crippen LogP contribution in [0.1, 0.15) is 13.3 Å². The van der Waals surface area contributed by atoms with E-state index in [-0.39, 0.29) is 0 Å². The lowest BCUT2D eigenvalue weighted by atomic mass is 10.5. The third kappa shape index (κ3) is 3.65. The first-order chi connectivity index (χ1) is 2.91. The van der Waals surface area contributed by atoms with Gasteiger partial charge < -0.3 is 4.29 Å². The van der Waals surface area contributed by atoms with Gasteiger partial charge in [-0.05, 0) is 0 Å². The maximum Gasteiger partial charge on any atom is 0.147 e. The molecule has 0 saturated carbocycles. The Morgan fingerprint density at radius 1 is 1.83 bits per heavy atom. The van der Waals surface area contributed by atoms with Crippen molar-refractivity contribution in [3.8, 4) is 12.0 Å². The first kappa shape index (κ1) is 5.65. The molecule has 34 valence electrons. The molecule has 0 saturated heterocycles. The summed E-state index contributed by atoms with van der Waals surface area (Å²) in [5, 5.41) is 0. The Morgan fingerprint density at radius 3 is 2.67 bits per heavy atom. The summed E-state index contributed by atoms with van der Waals surface area (Å²) in [6, 6.07) is 0. The molecule has 0 heterocycles. The van der Waals surface area contributed by atoms with E-state index in [2.05, 4.69) is 16.3 Å². The molecule has 0 bridgehead atoms. The van der Waals surface area contributed by atoms with Crippen LogP contribution in [-0.4, -0.2) is 0 Å². The van der Waals surface area contributed by atoms with Gasteiger partial charge in [0.1, 0.15) is 18.0 Å². The second-order valence-electron chi connectivity index (χ2n) is 0.710. The van der Waals surface area contributed by atoms with Crippen molar-refractivity contribution >= 4 is 11.9 Å². The fourth-order valence-electron chi connectivity index (χ4n) is 0.0994. The normalized spacial score (nSPS) is 5.67. The van der Waals surface area contributed by atoms with Gasteiger partial charge in [-0.15, -0.1) is 0 Å². The molecule has 0 radical (unpaired) electrons. The number of hydrogen-bond acceptors (Lipinski definition) is 1. The Balaban J connectivity index is 2.90. The summed E-state index contributed by atoms with van der Waals surface area (Å²) < 4.78 is 3.89. The maximum absolute atomic E-state index is 4.71. The van der Waals surface area contributed by atoms with Crippen molar-refractivity contribution in [3.05, 3.63) is 0 Å². The smallest absolute Gasteiger partial charge is 0.147 e. The van der Waals surface area contributed by atoms with Crippen molar-refractivity contribution in [1.29, 1.82) is 0 Å². The van der Waals surface area contributed by atoms with Gasteiger partial charge in [0.05, 0.1) is 0 Å². The van der Waals surface area contributed by atoms with E-state index in [0.29, 0.717) is 0 Å². The zero-order valence-corrected chi connectivity index (χ0v) is 4.25. The second kappa shape index (κ2) is 4.65. The van der Waals surface area contributed by atoms with Gasteiger partial charge in [0.25, 0.3) is 0 Å². The van der Waals surface area contributed by atoms with Crippen molar-refractivity contribution in [3.63, 3.8) is 0 Å². The lowest BCUT2D eigenvalue weighted by Crippen LogP contribution is -1.53. The molecule has 0 aliphatic heterocycles. The summed E-state index contributed by atoms with van der Waals surface area (Å²) >= 11 is 4.71. The molecule has 0 aliphatic carbocycles. The Morgan fingerprint density at radius 2 is 2.50 bits per heavy atom. The molecule has 6 heavy (non-hydrogen) atoms. The van der Waals surface area contributed by atoms with Crippen LogP contribution in [0, 0.1) is 12.0 Å². The first-order valence-corrected chi connectivity index (χ1v) is 1.98. The largest absolute Gasteiger partial charge is 0.333 e. The van der Waals surface area contributed by atoms with Crippen molar-refractivity contribution in [2.45, 2.75) is 13.3 Å². The van der Waals surface area contributed by atoms with E-state index in [1.165, 1.54) is 0 Å². The molecular weight excluding hydrogens is 99.5 g/mol. The fraction of sp³-hybridized carbons (Fsp3) is 0.500. The van der Waals surface area contributed by atoms with E-state index in [9.17, 15) is 0 Å². The van der Waals surface area contributed by atoms with E-state index in [4.69, 9.17) is 11.9 Å². The third-order valence-electron chi connectivity index (χ3n) is 0.288. The molecule has 0 unspecified atom stereocenters. The minimum atomic E-state index is 0.784. The summed E-state index contributed by atoms with van der Waals surface area (Å²) in [6.07, 6.45) is 3.00. The monoisotopic (exact) mass is 104 g/mol. The number of halogens is 1. The van der Waals surface area contributed by atoms with Crippen LogP contribution in [0.3, 0.4) is 0 Å². The molecule has 0 amide bonds. The minimum absolute atomic E-state index is 0.784. The zero-order valence-electron chi connectivity index (χ0n) is 3.49. The van der Waals surface area contributed by atoms with Gasteiger partial charge in [0.15, 0.2) is 0 Å². The van der Waals surface area contributed by atoms with Crippen molar-refractivity contribution in [2.24, 2.45) is 0 Å². The number of rotatable bonds is 0. The summed E-state index contributed by atoms with van der Waals surface area (Å²) in [7, 11) is 0. The van der Waals surface area contributed by atoms with Crippen molar-refractivity contribution in [2.75, 3.05) is 0 Å². The predicted octanol–water partition coefficient (Wildman–Crippen LogP) is 1.53. The van der Waals surface area contributed by atoms with Crippen LogP contribution < -0.4 is 0 Å². The summed E-state index contributed by atoms with van der Waals surface area (Å²) in [6.45, 7) is 1.92. The van der Waals surface area contributed by atoms with Gasteiger partial charge in [0.2, 0.25) is 0 Å². The fourth-order valence-corrected chi connectivity index (χ4v) is 0.154. The van der Waals surface area contributed by atoms with Gasteiger partial charge in [0, 0.05) is 6.42 Å². The SMILES string of the molecule is CCC#COCl. The van der Waals surface area contributed by atoms with Gasteiger partial charge in [-0.3, -0.25) is 0 Å². The molecule has 0 aliphatic rings. The standard InChI is InChI=1S/C4H5ClO/c1-2-3-4-6-5/h2H2,1H3. The molecule has 0 N–H and O–H groups in total. The van der Waals surface area contributed by atoms with E-state index in [0.717, 1.165) is 6.42 Å². The van der Waals surface area contributed by atoms with Gasteiger partial charge in [-0.2, -0.15) is 0 Å². The average molecular weight is 105 g/mol. The van der Waals surface area contributed by atoms with E-state index >= 15 is 0 Å². The summed E-state index contributed by atoms with van der Waals surface area (Å²) in [5.41, 5.74) is 0. The second-order valence-corrected chi connectivity index (χ2v) is 0.864. The molecule has 0 aromatic carbocycles. The molecule has 0 fully saturated rings. The van der Waals surface area contributed by atoms with E-state index < -0.39 is 0 Å². The van der Waals surface area contributed by atoms with Crippen molar-refractivity contribution in [1.82, 2.24) is 0 Å². The molecule has 0 rings (SSSR count). The molecule has 0 aromatic heterocycles. The zero-order chi connectivity index (χ0) is 4.83. The van der Waals surface area contributed by atoms with E-state index in [1.807, 2.05) is 6.92 Å². The topological polar surface area (TPSA) is 9.23 Å². The van der Waals surface area contributed by atoms with Gasteiger partial charge in [-0.1, -0.05) is 12.8 Å². The van der Waals surface area contributed by atoms with Crippen LogP contribution in [0.5, 0.6) is 0 Å². The number of hydrogen-bond donors (Lipinski definition) is 0. The molecule has 2 heteroatoms. The average Bonchev–Trinajstić information content (AvgIpc) is 1.61. The van der Waals surface area contributed by atoms with Crippen LogP contribution in [0.15, 0.2) is 0 Å². The Labute approximate surface area is 42.4 Å². The highest BCUT2D eigenvalue weighted by atomic mass is 35.5. The van der Waals surface area contributed by atoms with Gasteiger partial charge in [-0.25, -0.2) is 0 Å². The van der Waals surface area contributed by atoms with Crippen LogP contribution in [0.25, 0.3) is 0 Å². The molecule has 0 spiro atoms. The first-order valence-electron chi connectivity index (χ1n) is 1.67. The minimum Gasteiger partial charge on any atom is -0.333 e. The lowest BCUT2D eigenvalue weighted by Gasteiger charge is -1.66. The molecule has 0 aromatic rings. The highest BCUT2D eigenvalue weighted by molar-refractivity contribution is 6.08. The molecule has 1 nitrogen and oxygen atoms in total. The van der Waals surface area contributed by atoms with Crippen LogP contribution in [0.2, 0.25) is 0 Å². The lowest BCUT2D eigenvalue weighted by molar-refractivity contribution is 0.581. The Bertz CT molecular complexity index is 61.4. The maximum atomic E-state index is 4.71. The van der Waals surface area contributed by atoms with Gasteiger partial charge >= 0.3 is 0 Å². The quantitative estimate of drug-likeness (QED) is 0.424. The Hall–Kier alpha value is -0.350. The highest BCUT2D eigenvalue weighted by Crippen LogP contribution is 1.73. The van der Waals surface area contributed by atoms with Crippen LogP contribution in [-0.2, 0) is 4.29 Å². The van der Waals surface area contributed by atoms with Crippen LogP contribution >= 0.6 is 11.9 Å². The summed E-state index contributed by atoms with van der Waals surface area (Å²) in [5.74, 6) is 2.59. The Kier molecular flexibility index (Phi) is 4.38. The van der Waals surface area contributed by atoms with E-state index in [1.54, 1.807) is 0 Å². The predicted molar refractivity (Wildman–Crippen MR) is 25.0 cm³/mol. The van der Waals surface area contributed by atoms with Crippen LogP contribution in [0.4, 0.5) is 0 Å². The molecule has 0 atom stereocenters. The highest BCUT2D eigenvalue weighted by Gasteiger charge is 1.57. The molecular formula is C4H5ClO.